The molecule has 2 aromatic heterocycles. The first-order chi connectivity index (χ1) is 11.7. The van der Waals surface area contributed by atoms with E-state index in [1.807, 2.05) is 48.5 Å². The van der Waals surface area contributed by atoms with Crippen LogP contribution in [-0.2, 0) is 6.42 Å². The number of hydrogen-bond acceptors (Lipinski definition) is 3. The molecule has 2 aromatic carbocycles. The number of rotatable bonds is 3. The number of benzene rings is 2. The Morgan fingerprint density at radius 1 is 0.917 bits per heavy atom. The topological polar surface area (TPSA) is 67.6 Å². The zero-order chi connectivity index (χ0) is 16.5. The number of nitrogens with zero attached hydrogens (tertiary/aromatic N) is 2. The summed E-state index contributed by atoms with van der Waals surface area (Å²) in [5.74, 6) is 1.17. The number of aryl methyl sites for hydroxylation is 1. The van der Waals surface area contributed by atoms with E-state index >= 15 is 0 Å². The number of aromatic nitrogens is 3. The van der Waals surface area contributed by atoms with Crippen molar-refractivity contribution in [1.29, 1.82) is 0 Å². The van der Waals surface area contributed by atoms with Crippen molar-refractivity contribution < 1.29 is 0 Å². The minimum Gasteiger partial charge on any atom is -0.383 e. The molecule has 0 spiro atoms. The number of nitrogens with one attached hydrogen (secondary N) is 1. The monoisotopic (exact) mass is 314 g/mol. The molecule has 0 bridgehead atoms. The van der Waals surface area contributed by atoms with Crippen LogP contribution in [0, 0.1) is 6.92 Å². The summed E-state index contributed by atoms with van der Waals surface area (Å²) in [6.45, 7) is 2.06. The van der Waals surface area contributed by atoms with Crippen LogP contribution in [0.5, 0.6) is 0 Å². The van der Waals surface area contributed by atoms with Gasteiger partial charge < -0.3 is 10.7 Å². The quantitative estimate of drug-likeness (QED) is 0.598. The van der Waals surface area contributed by atoms with Gasteiger partial charge in [-0.25, -0.2) is 9.97 Å². The summed E-state index contributed by atoms with van der Waals surface area (Å²) in [5, 5.41) is 0.927. The molecule has 118 valence electrons. The molecule has 4 aromatic rings. The van der Waals surface area contributed by atoms with Gasteiger partial charge in [-0.15, -0.1) is 0 Å². The molecule has 4 heteroatoms. The summed E-state index contributed by atoms with van der Waals surface area (Å²) in [7, 11) is 0. The second-order valence-corrected chi connectivity index (χ2v) is 5.91. The SMILES string of the molecule is Cc1[nH]c2nc(-c3ccccc3)nc(N)c2c1Cc1ccccc1. The van der Waals surface area contributed by atoms with Crippen LogP contribution in [0.3, 0.4) is 0 Å². The molecule has 0 aliphatic rings. The summed E-state index contributed by atoms with van der Waals surface area (Å²) in [6.07, 6.45) is 0.810. The van der Waals surface area contributed by atoms with E-state index in [0.717, 1.165) is 34.3 Å². The second-order valence-electron chi connectivity index (χ2n) is 5.91. The number of H-pyrrole nitrogens is 1. The highest BCUT2D eigenvalue weighted by molar-refractivity contribution is 5.92. The van der Waals surface area contributed by atoms with Gasteiger partial charge in [0, 0.05) is 17.7 Å². The van der Waals surface area contributed by atoms with Gasteiger partial charge in [0.15, 0.2) is 5.82 Å². The van der Waals surface area contributed by atoms with Crippen molar-refractivity contribution in [1.82, 2.24) is 15.0 Å². The Morgan fingerprint density at radius 2 is 1.58 bits per heavy atom. The highest BCUT2D eigenvalue weighted by atomic mass is 15.0. The Hall–Kier alpha value is -3.14. The molecular weight excluding hydrogens is 296 g/mol. The van der Waals surface area contributed by atoms with Crippen LogP contribution < -0.4 is 5.73 Å². The Bertz CT molecular complexity index is 989. The molecule has 0 saturated heterocycles. The third-order valence-corrected chi connectivity index (χ3v) is 4.25. The van der Waals surface area contributed by atoms with Crippen LogP contribution in [-0.4, -0.2) is 15.0 Å². The fraction of sp³-hybridized carbons (Fsp3) is 0.100. The number of aromatic amines is 1. The van der Waals surface area contributed by atoms with Crippen LogP contribution >= 0.6 is 0 Å². The number of hydrogen-bond donors (Lipinski definition) is 2. The molecule has 4 nitrogen and oxygen atoms in total. The van der Waals surface area contributed by atoms with Crippen LogP contribution in [0.2, 0.25) is 0 Å². The lowest BCUT2D eigenvalue weighted by Crippen LogP contribution is -1.98. The zero-order valence-electron chi connectivity index (χ0n) is 13.5. The molecule has 0 aliphatic heterocycles. The number of anilines is 1. The average molecular weight is 314 g/mol. The molecule has 24 heavy (non-hydrogen) atoms. The van der Waals surface area contributed by atoms with Crippen molar-refractivity contribution in [3.63, 3.8) is 0 Å². The molecular formula is C20H18N4. The van der Waals surface area contributed by atoms with Gasteiger partial charge in [0.2, 0.25) is 0 Å². The van der Waals surface area contributed by atoms with E-state index in [1.165, 1.54) is 5.56 Å². The Balaban J connectivity index is 1.84. The Morgan fingerprint density at radius 3 is 2.29 bits per heavy atom. The van der Waals surface area contributed by atoms with Gasteiger partial charge in [-0.3, -0.25) is 0 Å². The van der Waals surface area contributed by atoms with E-state index < -0.39 is 0 Å². The summed E-state index contributed by atoms with van der Waals surface area (Å²) in [6, 6.07) is 20.3. The molecule has 0 amide bonds. The summed E-state index contributed by atoms with van der Waals surface area (Å²) >= 11 is 0. The maximum atomic E-state index is 6.29. The molecule has 0 saturated carbocycles. The maximum absolute atomic E-state index is 6.29. The van der Waals surface area contributed by atoms with Crippen molar-refractivity contribution in [2.45, 2.75) is 13.3 Å². The number of fused-ring (bicyclic) bond motifs is 1. The fourth-order valence-corrected chi connectivity index (χ4v) is 3.04. The Kier molecular flexibility index (Phi) is 3.50. The van der Waals surface area contributed by atoms with Gasteiger partial charge in [-0.1, -0.05) is 60.7 Å². The Labute approximate surface area is 140 Å². The molecule has 0 radical (unpaired) electrons. The van der Waals surface area contributed by atoms with E-state index in [4.69, 9.17) is 5.73 Å². The van der Waals surface area contributed by atoms with Crippen molar-refractivity contribution in [3.05, 3.63) is 77.5 Å². The molecule has 2 heterocycles. The lowest BCUT2D eigenvalue weighted by Gasteiger charge is -2.05. The van der Waals surface area contributed by atoms with Crippen LogP contribution in [0.4, 0.5) is 5.82 Å². The van der Waals surface area contributed by atoms with Crippen LogP contribution in [0.15, 0.2) is 60.7 Å². The first-order valence-electron chi connectivity index (χ1n) is 7.96. The molecule has 0 fully saturated rings. The first-order valence-corrected chi connectivity index (χ1v) is 7.96. The van der Waals surface area contributed by atoms with Gasteiger partial charge in [-0.05, 0) is 18.1 Å². The molecule has 4 rings (SSSR count). The molecule has 0 unspecified atom stereocenters. The average Bonchev–Trinajstić information content (AvgIpc) is 2.92. The van der Waals surface area contributed by atoms with Gasteiger partial charge in [0.25, 0.3) is 0 Å². The van der Waals surface area contributed by atoms with Crippen molar-refractivity contribution in [2.75, 3.05) is 5.73 Å². The number of nitrogens with two attached hydrogens (primary N) is 1. The molecule has 0 aliphatic carbocycles. The van der Waals surface area contributed by atoms with Crippen molar-refractivity contribution in [3.8, 4) is 11.4 Å². The highest BCUT2D eigenvalue weighted by Gasteiger charge is 2.16. The predicted octanol–water partition coefficient (Wildman–Crippen LogP) is 4.11. The molecule has 0 atom stereocenters. The fourth-order valence-electron chi connectivity index (χ4n) is 3.04. The van der Waals surface area contributed by atoms with Crippen LogP contribution in [0.1, 0.15) is 16.8 Å². The highest BCUT2D eigenvalue weighted by Crippen LogP contribution is 2.29. The van der Waals surface area contributed by atoms with Crippen molar-refractivity contribution in [2.24, 2.45) is 0 Å². The second kappa shape index (κ2) is 5.81. The van der Waals surface area contributed by atoms with Gasteiger partial charge in [-0.2, -0.15) is 0 Å². The molecule has 3 N–H and O–H groups in total. The van der Waals surface area contributed by atoms with Gasteiger partial charge >= 0.3 is 0 Å². The van der Waals surface area contributed by atoms with E-state index in [-0.39, 0.29) is 0 Å². The minimum absolute atomic E-state index is 0.522. The van der Waals surface area contributed by atoms with Crippen LogP contribution in [0.25, 0.3) is 22.4 Å². The largest absolute Gasteiger partial charge is 0.383 e. The predicted molar refractivity (Wildman–Crippen MR) is 97.7 cm³/mol. The number of nitrogen functional groups attached to an aromatic ring is 1. The minimum atomic E-state index is 0.522. The lowest BCUT2D eigenvalue weighted by molar-refractivity contribution is 1.14. The normalized spacial score (nSPS) is 11.0. The summed E-state index contributed by atoms with van der Waals surface area (Å²) < 4.78 is 0. The third kappa shape index (κ3) is 2.52. The van der Waals surface area contributed by atoms with Gasteiger partial charge in [0.1, 0.15) is 11.5 Å². The van der Waals surface area contributed by atoms with Crippen molar-refractivity contribution >= 4 is 16.9 Å². The first kappa shape index (κ1) is 14.5. The maximum Gasteiger partial charge on any atom is 0.163 e. The van der Waals surface area contributed by atoms with Gasteiger partial charge in [0.05, 0.1) is 5.39 Å². The van der Waals surface area contributed by atoms with E-state index in [0.29, 0.717) is 11.6 Å². The smallest absolute Gasteiger partial charge is 0.163 e. The van der Waals surface area contributed by atoms with E-state index in [9.17, 15) is 0 Å². The summed E-state index contributed by atoms with van der Waals surface area (Å²) in [5.41, 5.74) is 11.5. The third-order valence-electron chi connectivity index (χ3n) is 4.25. The lowest BCUT2D eigenvalue weighted by atomic mass is 10.0. The van der Waals surface area contributed by atoms with E-state index in [2.05, 4.69) is 34.0 Å². The zero-order valence-corrected chi connectivity index (χ0v) is 13.5. The summed E-state index contributed by atoms with van der Waals surface area (Å²) in [4.78, 5) is 12.6. The van der Waals surface area contributed by atoms with E-state index in [1.54, 1.807) is 0 Å². The standard InChI is InChI=1S/C20H18N4/c1-13-16(12-14-8-4-2-5-9-14)17-18(21)23-19(24-20(17)22-13)15-10-6-3-7-11-15/h2-11H,12H2,1H3,(H3,21,22,23,24).